The van der Waals surface area contributed by atoms with Gasteiger partial charge in [0.25, 0.3) is 5.95 Å². The van der Waals surface area contributed by atoms with E-state index >= 15 is 0 Å². The van der Waals surface area contributed by atoms with E-state index in [0.29, 0.717) is 17.8 Å². The van der Waals surface area contributed by atoms with Crippen LogP contribution in [0.1, 0.15) is 25.7 Å². The molecule has 0 saturated carbocycles. The number of anilines is 2. The largest absolute Gasteiger partial charge is 0.396 e. The van der Waals surface area contributed by atoms with E-state index in [1.807, 2.05) is 0 Å². The summed E-state index contributed by atoms with van der Waals surface area (Å²) in [5.41, 5.74) is 0. The van der Waals surface area contributed by atoms with Crippen LogP contribution in [0.15, 0.2) is 12.7 Å². The van der Waals surface area contributed by atoms with Crippen molar-refractivity contribution in [3.63, 3.8) is 0 Å². The number of rotatable bonds is 9. The van der Waals surface area contributed by atoms with Crippen molar-refractivity contribution < 1.29 is 5.11 Å². The molecule has 0 aromatic carbocycles. The standard InChI is InChI=1S/C12H20N8O/c1-13-10-17-11(15-6-4-2-3-5-7-21)19-12(18-10)20-9-14-8-16-20/h8-9,21H,2-7H2,1H3,(H2,13,15,17,18,19). The average Bonchev–Trinajstić information content (AvgIpc) is 3.05. The first-order valence-corrected chi connectivity index (χ1v) is 6.97. The van der Waals surface area contributed by atoms with Gasteiger partial charge in [0.15, 0.2) is 0 Å². The van der Waals surface area contributed by atoms with Gasteiger partial charge in [-0.2, -0.15) is 24.7 Å². The fourth-order valence-electron chi connectivity index (χ4n) is 1.76. The van der Waals surface area contributed by atoms with E-state index in [4.69, 9.17) is 5.11 Å². The third-order valence-electron chi connectivity index (χ3n) is 2.84. The Morgan fingerprint density at radius 3 is 2.62 bits per heavy atom. The lowest BCUT2D eigenvalue weighted by atomic mass is 10.2. The number of nitrogens with zero attached hydrogens (tertiary/aromatic N) is 6. The first-order valence-electron chi connectivity index (χ1n) is 6.97. The number of hydrogen-bond donors (Lipinski definition) is 3. The molecule has 2 aromatic heterocycles. The maximum atomic E-state index is 8.72. The number of unbranched alkanes of at least 4 members (excludes halogenated alkanes) is 3. The van der Waals surface area contributed by atoms with Crippen molar-refractivity contribution in [3.8, 4) is 5.95 Å². The van der Waals surface area contributed by atoms with E-state index in [1.165, 1.54) is 17.3 Å². The Labute approximate surface area is 122 Å². The summed E-state index contributed by atoms with van der Waals surface area (Å²) in [7, 11) is 1.75. The third-order valence-corrected chi connectivity index (χ3v) is 2.84. The van der Waals surface area contributed by atoms with Gasteiger partial charge in [0, 0.05) is 20.2 Å². The summed E-state index contributed by atoms with van der Waals surface area (Å²) in [5.74, 6) is 1.38. The van der Waals surface area contributed by atoms with Crippen LogP contribution >= 0.6 is 0 Å². The fourth-order valence-corrected chi connectivity index (χ4v) is 1.76. The van der Waals surface area contributed by atoms with Gasteiger partial charge in [-0.1, -0.05) is 12.8 Å². The molecule has 9 heteroatoms. The van der Waals surface area contributed by atoms with Crippen LogP contribution in [0.25, 0.3) is 5.95 Å². The van der Waals surface area contributed by atoms with Crippen LogP contribution in [0.3, 0.4) is 0 Å². The summed E-state index contributed by atoms with van der Waals surface area (Å²) in [5, 5.41) is 18.8. The molecule has 3 N–H and O–H groups in total. The second kappa shape index (κ2) is 8.10. The van der Waals surface area contributed by atoms with Crippen LogP contribution < -0.4 is 10.6 Å². The molecule has 0 fully saturated rings. The van der Waals surface area contributed by atoms with Gasteiger partial charge in [0.1, 0.15) is 12.7 Å². The molecule has 0 atom stereocenters. The van der Waals surface area contributed by atoms with Gasteiger partial charge in [0.2, 0.25) is 11.9 Å². The minimum absolute atomic E-state index is 0.258. The first kappa shape index (κ1) is 15.1. The predicted molar refractivity (Wildman–Crippen MR) is 78.3 cm³/mol. The molecule has 2 rings (SSSR count). The Balaban J connectivity index is 1.94. The number of aromatic nitrogens is 6. The molecule has 0 aliphatic heterocycles. The van der Waals surface area contributed by atoms with E-state index in [9.17, 15) is 0 Å². The highest BCUT2D eigenvalue weighted by Crippen LogP contribution is 2.08. The Morgan fingerprint density at radius 2 is 1.90 bits per heavy atom. The van der Waals surface area contributed by atoms with Crippen LogP contribution in [0.4, 0.5) is 11.9 Å². The molecular formula is C12H20N8O. The number of hydrogen-bond acceptors (Lipinski definition) is 8. The lowest BCUT2D eigenvalue weighted by Gasteiger charge is -2.08. The summed E-state index contributed by atoms with van der Waals surface area (Å²) in [6.45, 7) is 1.03. The second-order valence-electron chi connectivity index (χ2n) is 4.44. The van der Waals surface area contributed by atoms with Gasteiger partial charge in [-0.25, -0.2) is 4.98 Å². The third kappa shape index (κ3) is 4.63. The molecule has 0 unspecified atom stereocenters. The van der Waals surface area contributed by atoms with Crippen LogP contribution in [0.5, 0.6) is 0 Å². The molecule has 0 amide bonds. The summed E-state index contributed by atoms with van der Waals surface area (Å²) >= 11 is 0. The quantitative estimate of drug-likeness (QED) is 0.571. The minimum atomic E-state index is 0.258. The monoisotopic (exact) mass is 292 g/mol. The number of aliphatic hydroxyl groups excluding tert-OH is 1. The smallest absolute Gasteiger partial charge is 0.258 e. The summed E-state index contributed by atoms with van der Waals surface area (Å²) in [4.78, 5) is 16.7. The van der Waals surface area contributed by atoms with Crippen LogP contribution in [0, 0.1) is 0 Å². The van der Waals surface area contributed by atoms with Crippen molar-refractivity contribution in [3.05, 3.63) is 12.7 Å². The lowest BCUT2D eigenvalue weighted by Crippen LogP contribution is -2.12. The van der Waals surface area contributed by atoms with Crippen LogP contribution in [0.2, 0.25) is 0 Å². The van der Waals surface area contributed by atoms with Crippen molar-refractivity contribution in [2.45, 2.75) is 25.7 Å². The Kier molecular flexibility index (Phi) is 5.83. The van der Waals surface area contributed by atoms with Crippen molar-refractivity contribution in [1.29, 1.82) is 0 Å². The maximum absolute atomic E-state index is 8.72. The molecular weight excluding hydrogens is 272 g/mol. The van der Waals surface area contributed by atoms with E-state index in [1.54, 1.807) is 7.05 Å². The minimum Gasteiger partial charge on any atom is -0.396 e. The zero-order chi connectivity index (χ0) is 14.9. The van der Waals surface area contributed by atoms with Crippen LogP contribution in [-0.2, 0) is 0 Å². The molecule has 0 bridgehead atoms. The highest BCUT2D eigenvalue weighted by Gasteiger charge is 2.07. The zero-order valence-corrected chi connectivity index (χ0v) is 12.0. The molecule has 0 radical (unpaired) electrons. The van der Waals surface area contributed by atoms with Gasteiger partial charge in [0.05, 0.1) is 0 Å². The van der Waals surface area contributed by atoms with Crippen molar-refractivity contribution in [1.82, 2.24) is 29.7 Å². The number of nitrogens with one attached hydrogen (secondary N) is 2. The molecule has 2 heterocycles. The molecule has 2 aromatic rings. The van der Waals surface area contributed by atoms with E-state index < -0.39 is 0 Å². The Morgan fingerprint density at radius 1 is 1.10 bits per heavy atom. The van der Waals surface area contributed by atoms with Crippen molar-refractivity contribution >= 4 is 11.9 Å². The summed E-state index contributed by atoms with van der Waals surface area (Å²) in [6.07, 6.45) is 6.91. The topological polar surface area (TPSA) is 114 Å². The Bertz CT molecular complexity index is 530. The fraction of sp³-hybridized carbons (Fsp3) is 0.583. The van der Waals surface area contributed by atoms with Crippen molar-refractivity contribution in [2.24, 2.45) is 0 Å². The van der Waals surface area contributed by atoms with Gasteiger partial charge < -0.3 is 15.7 Å². The van der Waals surface area contributed by atoms with Crippen molar-refractivity contribution in [2.75, 3.05) is 30.8 Å². The van der Waals surface area contributed by atoms with Gasteiger partial charge >= 0.3 is 0 Å². The maximum Gasteiger partial charge on any atom is 0.258 e. The molecule has 0 aliphatic carbocycles. The highest BCUT2D eigenvalue weighted by atomic mass is 16.2. The lowest BCUT2D eigenvalue weighted by molar-refractivity contribution is 0.283. The van der Waals surface area contributed by atoms with Gasteiger partial charge in [-0.05, 0) is 12.8 Å². The highest BCUT2D eigenvalue weighted by molar-refractivity contribution is 5.37. The van der Waals surface area contributed by atoms with E-state index in [-0.39, 0.29) is 6.61 Å². The predicted octanol–water partition coefficient (Wildman–Crippen LogP) is 0.459. The number of aliphatic hydroxyl groups is 1. The normalized spacial score (nSPS) is 10.6. The second-order valence-corrected chi connectivity index (χ2v) is 4.44. The molecule has 0 spiro atoms. The zero-order valence-electron chi connectivity index (χ0n) is 12.0. The average molecular weight is 292 g/mol. The van der Waals surface area contributed by atoms with Gasteiger partial charge in [-0.3, -0.25) is 0 Å². The molecule has 21 heavy (non-hydrogen) atoms. The molecule has 114 valence electrons. The van der Waals surface area contributed by atoms with E-state index in [0.717, 1.165) is 32.2 Å². The van der Waals surface area contributed by atoms with E-state index in [2.05, 4.69) is 35.7 Å². The van der Waals surface area contributed by atoms with Gasteiger partial charge in [-0.15, -0.1) is 0 Å². The molecule has 9 nitrogen and oxygen atoms in total. The summed E-state index contributed by atoms with van der Waals surface area (Å²) in [6, 6.07) is 0. The molecule has 0 aliphatic rings. The van der Waals surface area contributed by atoms with Crippen LogP contribution in [-0.4, -0.2) is 55.0 Å². The summed E-state index contributed by atoms with van der Waals surface area (Å²) < 4.78 is 1.48. The Hall–Kier alpha value is -2.29. The molecule has 0 saturated heterocycles. The SMILES string of the molecule is CNc1nc(NCCCCCCO)nc(-n2cncn2)n1. The first-order chi connectivity index (χ1) is 10.3.